The summed E-state index contributed by atoms with van der Waals surface area (Å²) in [7, 11) is 0. The first-order valence-electron chi connectivity index (χ1n) is 6.91. The molecule has 0 saturated heterocycles. The fourth-order valence-electron chi connectivity index (χ4n) is 2.40. The molecule has 0 unspecified atom stereocenters. The average Bonchev–Trinajstić information content (AvgIpc) is 3.11. The van der Waals surface area contributed by atoms with Crippen LogP contribution >= 0.6 is 11.3 Å². The van der Waals surface area contributed by atoms with Crippen LogP contribution in [0.25, 0.3) is 10.9 Å². The summed E-state index contributed by atoms with van der Waals surface area (Å²) in [5.74, 6) is -0.380. The number of amides is 1. The highest BCUT2D eigenvalue weighted by atomic mass is 32.1. The van der Waals surface area contributed by atoms with Gasteiger partial charge < -0.3 is 9.67 Å². The molecule has 0 aliphatic rings. The van der Waals surface area contributed by atoms with Crippen molar-refractivity contribution >= 4 is 33.8 Å². The maximum Gasteiger partial charge on any atom is 0.305 e. The third-order valence-electron chi connectivity index (χ3n) is 3.35. The van der Waals surface area contributed by atoms with E-state index in [-0.39, 0.29) is 11.9 Å². The first-order chi connectivity index (χ1) is 10.6. The van der Waals surface area contributed by atoms with Gasteiger partial charge in [0.1, 0.15) is 0 Å². The van der Waals surface area contributed by atoms with Gasteiger partial charge in [0.15, 0.2) is 5.69 Å². The second-order valence-electron chi connectivity index (χ2n) is 5.14. The van der Waals surface area contributed by atoms with Crippen LogP contribution in [0.5, 0.6) is 5.88 Å². The number of nitrogens with zero attached hydrogens (tertiary/aromatic N) is 3. The molecule has 1 amide bonds. The highest BCUT2D eigenvalue weighted by Gasteiger charge is 2.18. The lowest BCUT2D eigenvalue weighted by molar-refractivity contribution is 0.0999. The van der Waals surface area contributed by atoms with Crippen LogP contribution in [0.15, 0.2) is 52.0 Å². The minimum atomic E-state index is -0.407. The molecule has 1 N–H and O–H groups in total. The van der Waals surface area contributed by atoms with Gasteiger partial charge in [-0.1, -0.05) is 24.3 Å². The van der Waals surface area contributed by atoms with E-state index < -0.39 is 5.91 Å². The van der Waals surface area contributed by atoms with Crippen LogP contribution in [0.4, 0.5) is 5.69 Å². The molecule has 0 atom stereocenters. The number of thiophene rings is 1. The molecular weight excluding hydrogens is 298 g/mol. The van der Waals surface area contributed by atoms with Gasteiger partial charge in [0.05, 0.1) is 10.4 Å². The first kappa shape index (κ1) is 14.5. The summed E-state index contributed by atoms with van der Waals surface area (Å²) in [4.78, 5) is 12.5. The summed E-state index contributed by atoms with van der Waals surface area (Å²) >= 11 is 1.31. The van der Waals surface area contributed by atoms with Crippen LogP contribution in [0, 0.1) is 0 Å². The zero-order chi connectivity index (χ0) is 15.7. The number of hydrogen-bond acceptors (Lipinski definition) is 4. The Bertz CT molecular complexity index is 848. The molecule has 0 saturated carbocycles. The predicted molar refractivity (Wildman–Crippen MR) is 87.2 cm³/mol. The zero-order valence-electron chi connectivity index (χ0n) is 12.2. The number of hydrogen-bond donors (Lipinski definition) is 1. The van der Waals surface area contributed by atoms with E-state index in [4.69, 9.17) is 0 Å². The summed E-state index contributed by atoms with van der Waals surface area (Å²) < 4.78 is 1.78. The fourth-order valence-corrected chi connectivity index (χ4v) is 3.00. The summed E-state index contributed by atoms with van der Waals surface area (Å²) in [6.45, 7) is 3.95. The summed E-state index contributed by atoms with van der Waals surface area (Å²) in [6, 6.07) is 11.1. The SMILES string of the molecule is CC(C)n1c(O)c(N=NC(=O)c2cccs2)c2ccccc21. The van der Waals surface area contributed by atoms with Gasteiger partial charge in [0.2, 0.25) is 5.88 Å². The minimum Gasteiger partial charge on any atom is -0.493 e. The smallest absolute Gasteiger partial charge is 0.305 e. The Morgan fingerprint density at radius 2 is 2.00 bits per heavy atom. The van der Waals surface area contributed by atoms with Gasteiger partial charge in [-0.3, -0.25) is 4.79 Å². The van der Waals surface area contributed by atoms with Crippen molar-refractivity contribution in [3.05, 3.63) is 46.7 Å². The van der Waals surface area contributed by atoms with E-state index in [9.17, 15) is 9.90 Å². The topological polar surface area (TPSA) is 66.9 Å². The summed E-state index contributed by atoms with van der Waals surface area (Å²) in [6.07, 6.45) is 0. The Labute approximate surface area is 131 Å². The van der Waals surface area contributed by atoms with Crippen molar-refractivity contribution in [3.63, 3.8) is 0 Å². The second-order valence-corrected chi connectivity index (χ2v) is 6.08. The van der Waals surface area contributed by atoms with Crippen molar-refractivity contribution in [1.82, 2.24) is 4.57 Å². The van der Waals surface area contributed by atoms with Gasteiger partial charge in [-0.05, 0) is 31.4 Å². The maximum atomic E-state index is 11.9. The zero-order valence-corrected chi connectivity index (χ0v) is 13.0. The molecule has 5 nitrogen and oxygen atoms in total. The van der Waals surface area contributed by atoms with E-state index in [0.29, 0.717) is 10.6 Å². The standard InChI is InChI=1S/C16H15N3O2S/c1-10(2)19-12-7-4-3-6-11(12)14(16(19)21)17-18-15(20)13-8-5-9-22-13/h3-10,21H,1-2H3. The number of aromatic hydroxyl groups is 1. The van der Waals surface area contributed by atoms with Crippen molar-refractivity contribution in [2.24, 2.45) is 10.2 Å². The molecule has 22 heavy (non-hydrogen) atoms. The van der Waals surface area contributed by atoms with Crippen molar-refractivity contribution in [2.75, 3.05) is 0 Å². The largest absolute Gasteiger partial charge is 0.493 e. The first-order valence-corrected chi connectivity index (χ1v) is 7.79. The van der Waals surface area contributed by atoms with Crippen LogP contribution in [0.2, 0.25) is 0 Å². The molecular formula is C16H15N3O2S. The second kappa shape index (κ2) is 5.73. The normalized spacial score (nSPS) is 11.8. The minimum absolute atomic E-state index is 0.0268. The van der Waals surface area contributed by atoms with Gasteiger partial charge >= 0.3 is 5.91 Å². The van der Waals surface area contributed by atoms with E-state index in [0.717, 1.165) is 10.9 Å². The lowest BCUT2D eigenvalue weighted by Gasteiger charge is -2.10. The molecule has 2 aromatic heterocycles. The molecule has 0 radical (unpaired) electrons. The van der Waals surface area contributed by atoms with Gasteiger partial charge in [0, 0.05) is 11.4 Å². The molecule has 1 aromatic carbocycles. The third-order valence-corrected chi connectivity index (χ3v) is 4.21. The molecule has 3 rings (SSSR count). The quantitative estimate of drug-likeness (QED) is 0.698. The number of benzene rings is 1. The number of aromatic nitrogens is 1. The number of fused-ring (bicyclic) bond motifs is 1. The number of azo groups is 1. The monoisotopic (exact) mass is 313 g/mol. The average molecular weight is 313 g/mol. The van der Waals surface area contributed by atoms with Crippen molar-refractivity contribution in [3.8, 4) is 5.88 Å². The molecule has 2 heterocycles. The predicted octanol–water partition coefficient (Wildman–Crippen LogP) is 4.91. The summed E-state index contributed by atoms with van der Waals surface area (Å²) in [5.41, 5.74) is 1.20. The van der Waals surface area contributed by atoms with Crippen LogP contribution < -0.4 is 0 Å². The lowest BCUT2D eigenvalue weighted by atomic mass is 10.2. The van der Waals surface area contributed by atoms with Crippen LogP contribution in [-0.4, -0.2) is 15.6 Å². The van der Waals surface area contributed by atoms with Crippen molar-refractivity contribution in [1.29, 1.82) is 0 Å². The van der Waals surface area contributed by atoms with Gasteiger partial charge in [-0.2, -0.15) is 0 Å². The lowest BCUT2D eigenvalue weighted by Crippen LogP contribution is -1.98. The molecule has 3 aromatic rings. The molecule has 0 aliphatic carbocycles. The molecule has 0 bridgehead atoms. The van der Waals surface area contributed by atoms with Crippen molar-refractivity contribution < 1.29 is 9.90 Å². The fraction of sp³-hybridized carbons (Fsp3) is 0.188. The highest BCUT2D eigenvalue weighted by molar-refractivity contribution is 7.12. The van der Waals surface area contributed by atoms with Crippen LogP contribution in [0.1, 0.15) is 29.6 Å². The van der Waals surface area contributed by atoms with Crippen LogP contribution in [0.3, 0.4) is 0 Å². The number of para-hydroxylation sites is 1. The number of rotatable bonds is 3. The van der Waals surface area contributed by atoms with E-state index in [1.807, 2.05) is 43.5 Å². The van der Waals surface area contributed by atoms with E-state index in [2.05, 4.69) is 10.2 Å². The van der Waals surface area contributed by atoms with E-state index in [1.54, 1.807) is 16.7 Å². The Balaban J connectivity index is 2.08. The Morgan fingerprint density at radius 3 is 2.68 bits per heavy atom. The number of carbonyl (C=O) groups is 1. The third kappa shape index (κ3) is 2.42. The summed E-state index contributed by atoms with van der Waals surface area (Å²) in [5, 5.41) is 20.8. The highest BCUT2D eigenvalue weighted by Crippen LogP contribution is 2.40. The molecule has 112 valence electrons. The van der Waals surface area contributed by atoms with E-state index in [1.165, 1.54) is 11.3 Å². The van der Waals surface area contributed by atoms with E-state index >= 15 is 0 Å². The molecule has 0 fully saturated rings. The van der Waals surface area contributed by atoms with Crippen LogP contribution in [-0.2, 0) is 0 Å². The Kier molecular flexibility index (Phi) is 3.77. The Hall–Kier alpha value is -2.47. The number of carbonyl (C=O) groups excluding carboxylic acids is 1. The maximum absolute atomic E-state index is 11.9. The Morgan fingerprint density at radius 1 is 1.23 bits per heavy atom. The molecule has 6 heteroatoms. The van der Waals surface area contributed by atoms with Gasteiger partial charge in [0.25, 0.3) is 0 Å². The van der Waals surface area contributed by atoms with Gasteiger partial charge in [-0.25, -0.2) is 0 Å². The van der Waals surface area contributed by atoms with Gasteiger partial charge in [-0.15, -0.1) is 21.6 Å². The van der Waals surface area contributed by atoms with Crippen molar-refractivity contribution in [2.45, 2.75) is 19.9 Å². The molecule has 0 spiro atoms. The molecule has 0 aliphatic heterocycles.